The fourth-order valence-corrected chi connectivity index (χ4v) is 1.45. The Balaban J connectivity index is 2.58. The number of nitrogens with zero attached hydrogens (tertiary/aromatic N) is 1. The van der Waals surface area contributed by atoms with Crippen LogP contribution in [0.3, 0.4) is 0 Å². The van der Waals surface area contributed by atoms with Gasteiger partial charge in [-0.1, -0.05) is 36.4 Å². The third-order valence-corrected chi connectivity index (χ3v) is 2.21. The molecule has 0 saturated heterocycles. The fourth-order valence-electron chi connectivity index (χ4n) is 1.45. The summed E-state index contributed by atoms with van der Waals surface area (Å²) in [5.41, 5.74) is 0.645. The minimum atomic E-state index is -1.03. The summed E-state index contributed by atoms with van der Waals surface area (Å²) in [7, 11) is 0. The van der Waals surface area contributed by atoms with E-state index in [4.69, 9.17) is 5.26 Å². The summed E-state index contributed by atoms with van der Waals surface area (Å²) in [6.45, 7) is 0. The summed E-state index contributed by atoms with van der Waals surface area (Å²) in [5, 5.41) is 20.0. The largest absolute Gasteiger partial charge is 0.374 e. The first kappa shape index (κ1) is 8.74. The van der Waals surface area contributed by atoms with Crippen molar-refractivity contribution in [2.45, 2.75) is 6.10 Å². The van der Waals surface area contributed by atoms with Gasteiger partial charge in [-0.3, -0.25) is 0 Å². The molecule has 0 fully saturated rings. The number of aliphatic hydroxyl groups is 1. The zero-order valence-corrected chi connectivity index (χ0v) is 7.51. The summed E-state index contributed by atoms with van der Waals surface area (Å²) in [6.07, 6.45) is -1.03. The van der Waals surface area contributed by atoms with Gasteiger partial charge >= 0.3 is 0 Å². The average molecular weight is 183 g/mol. The zero-order valence-electron chi connectivity index (χ0n) is 7.51. The van der Waals surface area contributed by atoms with Crippen LogP contribution in [0.2, 0.25) is 0 Å². The van der Waals surface area contributed by atoms with Crippen molar-refractivity contribution in [1.82, 2.24) is 0 Å². The first-order valence-electron chi connectivity index (χ1n) is 4.37. The Kier molecular flexibility index (Phi) is 2.18. The van der Waals surface area contributed by atoms with E-state index in [-0.39, 0.29) is 0 Å². The van der Waals surface area contributed by atoms with Crippen molar-refractivity contribution in [2.24, 2.45) is 0 Å². The van der Waals surface area contributed by atoms with Gasteiger partial charge in [0.25, 0.3) is 0 Å². The third-order valence-electron chi connectivity index (χ3n) is 2.21. The number of fused-ring (bicyclic) bond motifs is 1. The van der Waals surface area contributed by atoms with Crippen LogP contribution in [0.5, 0.6) is 0 Å². The van der Waals surface area contributed by atoms with Gasteiger partial charge in [0.05, 0.1) is 6.07 Å². The van der Waals surface area contributed by atoms with Crippen LogP contribution < -0.4 is 0 Å². The summed E-state index contributed by atoms with van der Waals surface area (Å²) in [5.74, 6) is 0. The maximum Gasteiger partial charge on any atom is 0.165 e. The molecule has 0 aliphatic rings. The maximum absolute atomic E-state index is 9.33. The molecule has 0 radical (unpaired) electrons. The van der Waals surface area contributed by atoms with Gasteiger partial charge in [-0.15, -0.1) is 0 Å². The van der Waals surface area contributed by atoms with Gasteiger partial charge in [0, 0.05) is 0 Å². The van der Waals surface area contributed by atoms with E-state index >= 15 is 0 Å². The minimum absolute atomic E-state index is 0.645. The number of aliphatic hydroxyl groups excluding tert-OH is 1. The van der Waals surface area contributed by atoms with Crippen LogP contribution in [0.25, 0.3) is 10.8 Å². The summed E-state index contributed by atoms with van der Waals surface area (Å²) in [6, 6.07) is 15.2. The molecule has 2 aromatic rings. The molecule has 0 aliphatic heterocycles. The molecule has 68 valence electrons. The van der Waals surface area contributed by atoms with Crippen LogP contribution in [-0.4, -0.2) is 5.11 Å². The van der Waals surface area contributed by atoms with Gasteiger partial charge < -0.3 is 5.11 Å². The van der Waals surface area contributed by atoms with Gasteiger partial charge in [0.15, 0.2) is 6.10 Å². The molecule has 2 nitrogen and oxygen atoms in total. The number of nitriles is 1. The first-order chi connectivity index (χ1) is 6.81. The van der Waals surface area contributed by atoms with Crippen molar-refractivity contribution in [1.29, 1.82) is 5.26 Å². The second-order valence-corrected chi connectivity index (χ2v) is 3.14. The second kappa shape index (κ2) is 3.49. The smallest absolute Gasteiger partial charge is 0.165 e. The lowest BCUT2D eigenvalue weighted by Gasteiger charge is -2.03. The molecule has 1 atom stereocenters. The fraction of sp³-hybridized carbons (Fsp3) is 0.0833. The zero-order chi connectivity index (χ0) is 9.97. The normalized spacial score (nSPS) is 12.3. The van der Waals surface area contributed by atoms with Crippen molar-refractivity contribution >= 4 is 10.8 Å². The van der Waals surface area contributed by atoms with E-state index in [1.165, 1.54) is 0 Å². The molecular formula is C12H9NO. The van der Waals surface area contributed by atoms with Gasteiger partial charge in [-0.2, -0.15) is 5.26 Å². The van der Waals surface area contributed by atoms with Crippen molar-refractivity contribution in [3.8, 4) is 6.07 Å². The molecule has 0 bridgehead atoms. The van der Waals surface area contributed by atoms with Crippen LogP contribution in [0, 0.1) is 11.3 Å². The topological polar surface area (TPSA) is 44.0 Å². The molecule has 2 heteroatoms. The number of hydrogen-bond donors (Lipinski definition) is 1. The number of hydrogen-bond acceptors (Lipinski definition) is 2. The Hall–Kier alpha value is -1.85. The van der Waals surface area contributed by atoms with Crippen LogP contribution in [0.1, 0.15) is 11.7 Å². The van der Waals surface area contributed by atoms with E-state index in [0.717, 1.165) is 10.8 Å². The Morgan fingerprint density at radius 1 is 1.07 bits per heavy atom. The van der Waals surface area contributed by atoms with Crippen molar-refractivity contribution in [2.75, 3.05) is 0 Å². The Labute approximate surface area is 82.0 Å². The molecule has 0 amide bonds. The quantitative estimate of drug-likeness (QED) is 0.690. The lowest BCUT2D eigenvalue weighted by Crippen LogP contribution is -1.92. The Morgan fingerprint density at radius 3 is 2.50 bits per heavy atom. The van der Waals surface area contributed by atoms with Gasteiger partial charge in [-0.25, -0.2) is 0 Å². The van der Waals surface area contributed by atoms with Crippen molar-refractivity contribution in [3.05, 3.63) is 48.0 Å². The number of benzene rings is 2. The molecule has 0 aromatic heterocycles. The molecule has 1 N–H and O–H groups in total. The summed E-state index contributed by atoms with van der Waals surface area (Å²) in [4.78, 5) is 0. The molecule has 0 aliphatic carbocycles. The summed E-state index contributed by atoms with van der Waals surface area (Å²) < 4.78 is 0. The monoisotopic (exact) mass is 183 g/mol. The van der Waals surface area contributed by atoms with E-state index in [9.17, 15) is 5.11 Å². The predicted molar refractivity (Wildman–Crippen MR) is 54.5 cm³/mol. The highest BCUT2D eigenvalue weighted by Gasteiger charge is 2.05. The SMILES string of the molecule is N#C[C@@H](O)c1ccc2ccccc2c1. The molecular weight excluding hydrogens is 174 g/mol. The van der Waals surface area contributed by atoms with E-state index in [0.29, 0.717) is 5.56 Å². The van der Waals surface area contributed by atoms with Gasteiger partial charge in [-0.05, 0) is 22.4 Å². The van der Waals surface area contributed by atoms with Gasteiger partial charge in [0.1, 0.15) is 0 Å². The van der Waals surface area contributed by atoms with Crippen LogP contribution in [-0.2, 0) is 0 Å². The molecule has 0 unspecified atom stereocenters. The molecule has 2 aromatic carbocycles. The minimum Gasteiger partial charge on any atom is -0.374 e. The maximum atomic E-state index is 9.33. The third kappa shape index (κ3) is 1.46. The molecule has 0 spiro atoms. The van der Waals surface area contributed by atoms with E-state index < -0.39 is 6.10 Å². The lowest BCUT2D eigenvalue weighted by molar-refractivity contribution is 0.236. The molecule has 0 heterocycles. The van der Waals surface area contributed by atoms with E-state index in [1.54, 1.807) is 12.1 Å². The first-order valence-corrected chi connectivity index (χ1v) is 4.37. The van der Waals surface area contributed by atoms with Crippen molar-refractivity contribution in [3.63, 3.8) is 0 Å². The number of rotatable bonds is 1. The molecule has 0 saturated carbocycles. The molecule has 2 rings (SSSR count). The second-order valence-electron chi connectivity index (χ2n) is 3.14. The Bertz CT molecular complexity index is 499. The van der Waals surface area contributed by atoms with Crippen molar-refractivity contribution < 1.29 is 5.11 Å². The van der Waals surface area contributed by atoms with Crippen LogP contribution in [0.15, 0.2) is 42.5 Å². The average Bonchev–Trinajstić information content (AvgIpc) is 2.27. The highest BCUT2D eigenvalue weighted by atomic mass is 16.3. The lowest BCUT2D eigenvalue weighted by atomic mass is 10.0. The highest BCUT2D eigenvalue weighted by molar-refractivity contribution is 5.83. The van der Waals surface area contributed by atoms with E-state index in [1.807, 2.05) is 36.4 Å². The Morgan fingerprint density at radius 2 is 1.79 bits per heavy atom. The van der Waals surface area contributed by atoms with Crippen LogP contribution in [0.4, 0.5) is 0 Å². The van der Waals surface area contributed by atoms with Gasteiger partial charge in [0.2, 0.25) is 0 Å². The van der Waals surface area contributed by atoms with E-state index in [2.05, 4.69) is 0 Å². The predicted octanol–water partition coefficient (Wildman–Crippen LogP) is 2.40. The highest BCUT2D eigenvalue weighted by Crippen LogP contribution is 2.19. The summed E-state index contributed by atoms with van der Waals surface area (Å²) >= 11 is 0. The molecule has 14 heavy (non-hydrogen) atoms. The standard InChI is InChI=1S/C12H9NO/c13-8-12(14)11-6-5-9-3-1-2-4-10(9)7-11/h1-7,12,14H/t12-/m1/s1. The van der Waals surface area contributed by atoms with Crippen LogP contribution >= 0.6 is 0 Å².